The van der Waals surface area contributed by atoms with Crippen molar-refractivity contribution in [3.8, 4) is 22.9 Å². The van der Waals surface area contributed by atoms with E-state index in [-0.39, 0.29) is 30.6 Å². The van der Waals surface area contributed by atoms with Gasteiger partial charge in [-0.05, 0) is 30.3 Å². The molecule has 0 N–H and O–H groups in total. The van der Waals surface area contributed by atoms with E-state index in [0.29, 0.717) is 22.8 Å². The third-order valence-electron chi connectivity index (χ3n) is 3.57. The minimum Gasteiger partial charge on any atom is -0.483 e. The molecule has 0 aliphatic heterocycles. The van der Waals surface area contributed by atoms with Crippen LogP contribution in [-0.4, -0.2) is 15.9 Å². The van der Waals surface area contributed by atoms with Crippen LogP contribution in [0.5, 0.6) is 11.5 Å². The molecule has 3 rings (SSSR count). The monoisotopic (exact) mass is 352 g/mol. The Morgan fingerprint density at radius 1 is 1.04 bits per heavy atom. The third kappa shape index (κ3) is 4.22. The molecule has 0 unspecified atom stereocenters. The maximum atomic E-state index is 13.9. The lowest BCUT2D eigenvalue weighted by atomic mass is 10.2. The van der Waals surface area contributed by atoms with E-state index < -0.39 is 0 Å². The minimum absolute atomic E-state index is 0.130. The van der Waals surface area contributed by atoms with E-state index in [0.717, 1.165) is 0 Å². The molecule has 132 valence electrons. The molecule has 0 saturated carbocycles. The fraction of sp³-hybridized carbons (Fsp3) is 0.150. The van der Waals surface area contributed by atoms with Gasteiger partial charge >= 0.3 is 5.97 Å². The molecular formula is C20H17FN2O3. The fourth-order valence-corrected chi connectivity index (χ4v) is 2.25. The second-order valence-electron chi connectivity index (χ2n) is 5.41. The zero-order valence-electron chi connectivity index (χ0n) is 14.2. The second-order valence-corrected chi connectivity index (χ2v) is 5.41. The lowest BCUT2D eigenvalue weighted by Gasteiger charge is -2.11. The summed E-state index contributed by atoms with van der Waals surface area (Å²) in [5, 5.41) is 0. The molecule has 0 aliphatic carbocycles. The van der Waals surface area contributed by atoms with Crippen LogP contribution in [-0.2, 0) is 11.4 Å². The first-order valence-electron chi connectivity index (χ1n) is 8.16. The Labute approximate surface area is 150 Å². The minimum atomic E-state index is -0.387. The molecule has 0 radical (unpaired) electrons. The van der Waals surface area contributed by atoms with Gasteiger partial charge in [0.15, 0.2) is 17.3 Å². The first kappa shape index (κ1) is 17.5. The summed E-state index contributed by atoms with van der Waals surface area (Å²) < 4.78 is 24.9. The molecule has 0 aliphatic rings. The third-order valence-corrected chi connectivity index (χ3v) is 3.57. The Morgan fingerprint density at radius 2 is 1.77 bits per heavy atom. The first-order valence-corrected chi connectivity index (χ1v) is 8.16. The summed E-state index contributed by atoms with van der Waals surface area (Å²) in [7, 11) is 0. The van der Waals surface area contributed by atoms with Gasteiger partial charge in [-0.2, -0.15) is 0 Å². The number of halogens is 1. The van der Waals surface area contributed by atoms with E-state index in [1.165, 1.54) is 6.07 Å². The Hall–Kier alpha value is -3.28. The number of nitrogens with zero attached hydrogens (tertiary/aromatic N) is 2. The summed E-state index contributed by atoms with van der Waals surface area (Å²) in [6.07, 6.45) is 1.82. The highest BCUT2D eigenvalue weighted by molar-refractivity contribution is 5.72. The van der Waals surface area contributed by atoms with Crippen LogP contribution >= 0.6 is 0 Å². The molecule has 1 heterocycles. The number of para-hydroxylation sites is 2. The van der Waals surface area contributed by atoms with Crippen molar-refractivity contribution in [3.05, 3.63) is 72.3 Å². The summed E-state index contributed by atoms with van der Waals surface area (Å²) in [5.41, 5.74) is 0.904. The van der Waals surface area contributed by atoms with Gasteiger partial charge in [0, 0.05) is 12.6 Å². The molecule has 0 amide bonds. The van der Waals surface area contributed by atoms with Crippen molar-refractivity contribution >= 4 is 5.97 Å². The van der Waals surface area contributed by atoms with Crippen molar-refractivity contribution in [1.29, 1.82) is 0 Å². The van der Waals surface area contributed by atoms with Crippen molar-refractivity contribution in [2.75, 3.05) is 0 Å². The second kappa shape index (κ2) is 8.20. The summed E-state index contributed by atoms with van der Waals surface area (Å²) in [6, 6.07) is 14.9. The summed E-state index contributed by atoms with van der Waals surface area (Å²) >= 11 is 0. The average Bonchev–Trinajstić information content (AvgIpc) is 2.68. The topological polar surface area (TPSA) is 61.3 Å². The van der Waals surface area contributed by atoms with Gasteiger partial charge in [-0.15, -0.1) is 0 Å². The summed E-state index contributed by atoms with van der Waals surface area (Å²) in [6.45, 7) is 1.85. The number of carbonyl (C=O) groups excluding carboxylic acids is 1. The van der Waals surface area contributed by atoms with E-state index in [1.54, 1.807) is 61.7 Å². The normalized spacial score (nSPS) is 10.4. The molecule has 2 aromatic carbocycles. The van der Waals surface area contributed by atoms with Crippen molar-refractivity contribution in [2.24, 2.45) is 0 Å². The van der Waals surface area contributed by atoms with Crippen LogP contribution in [0.15, 0.2) is 60.8 Å². The van der Waals surface area contributed by atoms with Crippen LogP contribution in [0.4, 0.5) is 4.39 Å². The zero-order chi connectivity index (χ0) is 18.4. The van der Waals surface area contributed by atoms with Crippen LogP contribution < -0.4 is 9.47 Å². The number of hydrogen-bond donors (Lipinski definition) is 0. The van der Waals surface area contributed by atoms with Gasteiger partial charge in [0.25, 0.3) is 0 Å². The number of esters is 1. The lowest BCUT2D eigenvalue weighted by Crippen LogP contribution is -2.07. The Bertz CT molecular complexity index is 915. The predicted molar refractivity (Wildman–Crippen MR) is 94.1 cm³/mol. The molecule has 26 heavy (non-hydrogen) atoms. The maximum absolute atomic E-state index is 13.9. The van der Waals surface area contributed by atoms with Crippen LogP contribution in [0.25, 0.3) is 11.4 Å². The smallest absolute Gasteiger partial charge is 0.311 e. The Balaban J connectivity index is 1.76. The molecule has 6 heteroatoms. The fourth-order valence-electron chi connectivity index (χ4n) is 2.25. The van der Waals surface area contributed by atoms with E-state index >= 15 is 0 Å². The number of aromatic nitrogens is 2. The molecular weight excluding hydrogens is 335 g/mol. The zero-order valence-corrected chi connectivity index (χ0v) is 14.2. The van der Waals surface area contributed by atoms with Gasteiger partial charge in [-0.3, -0.25) is 4.79 Å². The molecule has 0 atom stereocenters. The molecule has 0 saturated heterocycles. The molecule has 1 aromatic heterocycles. The van der Waals surface area contributed by atoms with E-state index in [2.05, 4.69) is 9.97 Å². The van der Waals surface area contributed by atoms with Crippen molar-refractivity contribution < 1.29 is 18.7 Å². The lowest BCUT2D eigenvalue weighted by molar-refractivity contribution is -0.134. The van der Waals surface area contributed by atoms with Gasteiger partial charge < -0.3 is 9.47 Å². The highest BCUT2D eigenvalue weighted by Gasteiger charge is 2.11. The molecule has 0 bridgehead atoms. The quantitative estimate of drug-likeness (QED) is 0.492. The molecule has 3 aromatic rings. The average molecular weight is 352 g/mol. The van der Waals surface area contributed by atoms with E-state index in [4.69, 9.17) is 9.47 Å². The van der Waals surface area contributed by atoms with Crippen LogP contribution in [0.2, 0.25) is 0 Å². The van der Waals surface area contributed by atoms with Gasteiger partial charge in [0.1, 0.15) is 12.4 Å². The molecule has 0 spiro atoms. The Kier molecular flexibility index (Phi) is 5.53. The van der Waals surface area contributed by atoms with Gasteiger partial charge in [-0.25, -0.2) is 14.4 Å². The van der Waals surface area contributed by atoms with Gasteiger partial charge in [-0.1, -0.05) is 31.2 Å². The van der Waals surface area contributed by atoms with Crippen molar-refractivity contribution in [1.82, 2.24) is 9.97 Å². The van der Waals surface area contributed by atoms with Crippen molar-refractivity contribution in [3.63, 3.8) is 0 Å². The maximum Gasteiger partial charge on any atom is 0.311 e. The largest absolute Gasteiger partial charge is 0.483 e. The number of carbonyl (C=O) groups is 1. The summed E-state index contributed by atoms with van der Waals surface area (Å²) in [4.78, 5) is 20.0. The molecule has 5 nitrogen and oxygen atoms in total. The van der Waals surface area contributed by atoms with Crippen LogP contribution in [0.1, 0.15) is 19.0 Å². The first-order chi connectivity index (χ1) is 12.7. The summed E-state index contributed by atoms with van der Waals surface area (Å²) in [5.74, 6) is 0.338. The predicted octanol–water partition coefficient (Wildman–Crippen LogP) is 4.18. The number of ether oxygens (including phenoxy) is 2. The molecule has 0 fully saturated rings. The van der Waals surface area contributed by atoms with Crippen LogP contribution in [0, 0.1) is 5.82 Å². The standard InChI is InChI=1S/C20H17FN2O3/c1-2-19(24)26-18-10-6-5-9-17(18)25-13-14-11-12-22-20(23-14)15-7-3-4-8-16(15)21/h3-12H,2,13H2,1H3. The highest BCUT2D eigenvalue weighted by atomic mass is 19.1. The highest BCUT2D eigenvalue weighted by Crippen LogP contribution is 2.27. The SMILES string of the molecule is CCC(=O)Oc1ccccc1OCc1ccnc(-c2ccccc2F)n1. The number of benzene rings is 2. The number of rotatable bonds is 6. The van der Waals surface area contributed by atoms with Gasteiger partial charge in [0.2, 0.25) is 0 Å². The van der Waals surface area contributed by atoms with Gasteiger partial charge in [0.05, 0.1) is 11.3 Å². The number of hydrogen-bond acceptors (Lipinski definition) is 5. The van der Waals surface area contributed by atoms with E-state index in [9.17, 15) is 9.18 Å². The van der Waals surface area contributed by atoms with Crippen LogP contribution in [0.3, 0.4) is 0 Å². The Morgan fingerprint density at radius 3 is 2.54 bits per heavy atom. The van der Waals surface area contributed by atoms with E-state index in [1.807, 2.05) is 0 Å². The van der Waals surface area contributed by atoms with Crippen molar-refractivity contribution in [2.45, 2.75) is 20.0 Å².